The second-order valence-corrected chi connectivity index (χ2v) is 11.2. The molecule has 7 nitrogen and oxygen atoms in total. The Kier molecular flexibility index (Phi) is 8.00. The van der Waals surface area contributed by atoms with Gasteiger partial charge in [0, 0.05) is 28.7 Å². The van der Waals surface area contributed by atoms with Gasteiger partial charge in [-0.15, -0.1) is 0 Å². The average Bonchev–Trinajstić information content (AvgIpc) is 3.30. The van der Waals surface area contributed by atoms with Crippen LogP contribution in [-0.4, -0.2) is 42.2 Å². The third-order valence-electron chi connectivity index (χ3n) is 6.85. The SMILES string of the molecule is CCN(CC)Cc1ccc(N=C(c2ccccc2)c2c(O)[nH]c3ccc(S(=O)(=O)Nc4ccccc4)cc23)cc1. The first-order valence-electron chi connectivity index (χ1n) is 13.3. The number of sulfonamides is 1. The number of nitrogens with one attached hydrogen (secondary N) is 2. The van der Waals surface area contributed by atoms with Gasteiger partial charge in [-0.25, -0.2) is 13.4 Å². The van der Waals surface area contributed by atoms with Crippen LogP contribution < -0.4 is 4.72 Å². The number of fused-ring (bicyclic) bond motifs is 1. The first-order chi connectivity index (χ1) is 19.4. The Hall–Kier alpha value is -4.40. The van der Waals surface area contributed by atoms with E-state index in [1.807, 2.05) is 48.5 Å². The zero-order chi connectivity index (χ0) is 28.1. The minimum absolute atomic E-state index is 0.0808. The molecule has 0 saturated carbocycles. The van der Waals surface area contributed by atoms with Crippen LogP contribution in [0.1, 0.15) is 30.5 Å². The summed E-state index contributed by atoms with van der Waals surface area (Å²) in [5.74, 6) is -0.0821. The van der Waals surface area contributed by atoms with Gasteiger partial charge in [-0.3, -0.25) is 9.62 Å². The summed E-state index contributed by atoms with van der Waals surface area (Å²) in [6.45, 7) is 7.12. The first-order valence-corrected chi connectivity index (χ1v) is 14.7. The summed E-state index contributed by atoms with van der Waals surface area (Å²) in [5.41, 5.74) is 4.75. The lowest BCUT2D eigenvalue weighted by molar-refractivity contribution is 0.296. The van der Waals surface area contributed by atoms with Gasteiger partial charge in [-0.05, 0) is 61.1 Å². The largest absolute Gasteiger partial charge is 0.494 e. The number of H-pyrrole nitrogens is 1. The zero-order valence-corrected chi connectivity index (χ0v) is 23.3. The summed E-state index contributed by atoms with van der Waals surface area (Å²) in [7, 11) is -3.87. The van der Waals surface area contributed by atoms with E-state index < -0.39 is 10.0 Å². The van der Waals surface area contributed by atoms with Crippen molar-refractivity contribution in [1.29, 1.82) is 0 Å². The number of anilines is 1. The molecular weight excluding hydrogens is 520 g/mol. The molecule has 0 aliphatic heterocycles. The molecule has 40 heavy (non-hydrogen) atoms. The summed E-state index contributed by atoms with van der Waals surface area (Å²) >= 11 is 0. The lowest BCUT2D eigenvalue weighted by Gasteiger charge is -2.17. The number of aliphatic imine (C=N–C) groups is 1. The number of aromatic hydroxyl groups is 1. The number of aromatic nitrogens is 1. The Balaban J connectivity index is 1.59. The van der Waals surface area contributed by atoms with Gasteiger partial charge in [0.2, 0.25) is 0 Å². The minimum atomic E-state index is -3.87. The zero-order valence-electron chi connectivity index (χ0n) is 22.5. The number of para-hydroxylation sites is 1. The van der Waals surface area contributed by atoms with Crippen molar-refractivity contribution in [3.63, 3.8) is 0 Å². The van der Waals surface area contributed by atoms with Crippen LogP contribution in [-0.2, 0) is 16.6 Å². The molecule has 0 amide bonds. The van der Waals surface area contributed by atoms with Crippen molar-refractivity contribution >= 4 is 38.0 Å². The van der Waals surface area contributed by atoms with Crippen molar-refractivity contribution in [1.82, 2.24) is 9.88 Å². The third kappa shape index (κ3) is 5.93. The summed E-state index contributed by atoms with van der Waals surface area (Å²) < 4.78 is 29.1. The first kappa shape index (κ1) is 27.2. The summed E-state index contributed by atoms with van der Waals surface area (Å²) in [6, 6.07) is 31.1. The molecule has 0 spiro atoms. The van der Waals surface area contributed by atoms with Crippen LogP contribution in [0.5, 0.6) is 5.88 Å². The molecule has 1 aromatic heterocycles. The van der Waals surface area contributed by atoms with Crippen LogP contribution in [0.2, 0.25) is 0 Å². The number of rotatable bonds is 10. The molecule has 204 valence electrons. The van der Waals surface area contributed by atoms with Crippen LogP contribution in [0.4, 0.5) is 11.4 Å². The monoisotopic (exact) mass is 552 g/mol. The van der Waals surface area contributed by atoms with Gasteiger partial charge in [-0.1, -0.05) is 74.5 Å². The van der Waals surface area contributed by atoms with Crippen molar-refractivity contribution in [3.8, 4) is 5.88 Å². The van der Waals surface area contributed by atoms with Crippen LogP contribution in [0.3, 0.4) is 0 Å². The maximum absolute atomic E-state index is 13.2. The van der Waals surface area contributed by atoms with E-state index in [2.05, 4.69) is 40.6 Å². The van der Waals surface area contributed by atoms with E-state index in [9.17, 15) is 13.5 Å². The molecule has 0 saturated heterocycles. The van der Waals surface area contributed by atoms with Crippen LogP contribution in [0.15, 0.2) is 113 Å². The Bertz CT molecular complexity index is 1730. The Labute approximate surface area is 234 Å². The van der Waals surface area contributed by atoms with Crippen molar-refractivity contribution in [2.75, 3.05) is 17.8 Å². The third-order valence-corrected chi connectivity index (χ3v) is 8.23. The molecule has 0 aliphatic rings. The lowest BCUT2D eigenvalue weighted by Crippen LogP contribution is -2.21. The molecule has 0 fully saturated rings. The minimum Gasteiger partial charge on any atom is -0.494 e. The van der Waals surface area contributed by atoms with Crippen LogP contribution in [0, 0.1) is 0 Å². The maximum atomic E-state index is 13.2. The second kappa shape index (κ2) is 11.8. The van der Waals surface area contributed by atoms with E-state index in [4.69, 9.17) is 4.99 Å². The van der Waals surface area contributed by atoms with Gasteiger partial charge in [0.25, 0.3) is 10.0 Å². The number of nitrogens with zero attached hydrogens (tertiary/aromatic N) is 2. The van der Waals surface area contributed by atoms with Crippen LogP contribution >= 0.6 is 0 Å². The molecule has 0 bridgehead atoms. The normalized spacial score (nSPS) is 12.2. The Morgan fingerprint density at radius 2 is 1.52 bits per heavy atom. The van der Waals surface area contributed by atoms with Gasteiger partial charge < -0.3 is 10.1 Å². The highest BCUT2D eigenvalue weighted by Gasteiger charge is 2.22. The summed E-state index contributed by atoms with van der Waals surface area (Å²) in [4.78, 5) is 10.4. The summed E-state index contributed by atoms with van der Waals surface area (Å²) in [5, 5.41) is 11.6. The fraction of sp³-hybridized carbons (Fsp3) is 0.156. The van der Waals surface area contributed by atoms with E-state index in [0.29, 0.717) is 27.9 Å². The maximum Gasteiger partial charge on any atom is 0.261 e. The Morgan fingerprint density at radius 3 is 2.17 bits per heavy atom. The standard InChI is InChI=1S/C32H32N4O3S/c1-3-36(4-2)22-23-15-17-25(18-16-23)33-31(24-11-7-5-8-12-24)30-28-21-27(19-20-29(28)34-32(30)37)40(38,39)35-26-13-9-6-10-14-26/h5-21,34-35,37H,3-4,22H2,1-2H3. The highest BCUT2D eigenvalue weighted by atomic mass is 32.2. The average molecular weight is 553 g/mol. The van der Waals surface area contributed by atoms with E-state index in [-0.39, 0.29) is 10.8 Å². The molecule has 5 rings (SSSR count). The van der Waals surface area contributed by atoms with E-state index in [1.54, 1.807) is 36.4 Å². The highest BCUT2D eigenvalue weighted by molar-refractivity contribution is 7.92. The predicted molar refractivity (Wildman–Crippen MR) is 162 cm³/mol. The smallest absolute Gasteiger partial charge is 0.261 e. The lowest BCUT2D eigenvalue weighted by atomic mass is 10.0. The van der Waals surface area contributed by atoms with Crippen molar-refractivity contribution in [3.05, 3.63) is 120 Å². The predicted octanol–water partition coefficient (Wildman–Crippen LogP) is 6.69. The Morgan fingerprint density at radius 1 is 0.875 bits per heavy atom. The topological polar surface area (TPSA) is 97.8 Å². The molecule has 1 heterocycles. The molecule has 0 aliphatic carbocycles. The molecule has 0 atom stereocenters. The van der Waals surface area contributed by atoms with Crippen molar-refractivity contribution in [2.45, 2.75) is 25.3 Å². The molecular formula is C32H32N4O3S. The van der Waals surface area contributed by atoms with Gasteiger partial charge in [0.1, 0.15) is 0 Å². The fourth-order valence-corrected chi connectivity index (χ4v) is 5.74. The second-order valence-electron chi connectivity index (χ2n) is 9.48. The summed E-state index contributed by atoms with van der Waals surface area (Å²) in [6.07, 6.45) is 0. The number of hydrogen-bond donors (Lipinski definition) is 3. The van der Waals surface area contributed by atoms with Gasteiger partial charge in [0.05, 0.1) is 21.9 Å². The molecule has 0 unspecified atom stereocenters. The van der Waals surface area contributed by atoms with Gasteiger partial charge in [-0.2, -0.15) is 0 Å². The number of benzene rings is 4. The number of hydrogen-bond acceptors (Lipinski definition) is 5. The van der Waals surface area contributed by atoms with Crippen molar-refractivity contribution in [2.24, 2.45) is 4.99 Å². The fourth-order valence-electron chi connectivity index (χ4n) is 4.66. The van der Waals surface area contributed by atoms with Gasteiger partial charge in [0.15, 0.2) is 5.88 Å². The number of aromatic amines is 1. The van der Waals surface area contributed by atoms with E-state index in [0.717, 1.165) is 30.9 Å². The molecule has 0 radical (unpaired) electrons. The van der Waals surface area contributed by atoms with Gasteiger partial charge >= 0.3 is 0 Å². The quantitative estimate of drug-likeness (QED) is 0.168. The van der Waals surface area contributed by atoms with E-state index in [1.165, 1.54) is 11.6 Å². The molecule has 3 N–H and O–H groups in total. The highest BCUT2D eigenvalue weighted by Crippen LogP contribution is 2.33. The molecule has 5 aromatic rings. The van der Waals surface area contributed by atoms with Crippen molar-refractivity contribution < 1.29 is 13.5 Å². The molecule has 8 heteroatoms. The van der Waals surface area contributed by atoms with Crippen LogP contribution in [0.25, 0.3) is 10.9 Å². The molecule has 4 aromatic carbocycles. The van der Waals surface area contributed by atoms with E-state index >= 15 is 0 Å².